The smallest absolute Gasteiger partial charge is 0.228 e. The molecule has 2 fully saturated rings. The Kier molecular flexibility index (Phi) is 4.34. The Morgan fingerprint density at radius 3 is 2.75 bits per heavy atom. The van der Waals surface area contributed by atoms with E-state index >= 15 is 0 Å². The molecule has 0 aromatic carbocycles. The molecule has 4 nitrogen and oxygen atoms in total. The van der Waals surface area contributed by atoms with Gasteiger partial charge in [-0.1, -0.05) is 31.8 Å². The third-order valence-electron chi connectivity index (χ3n) is 4.42. The Morgan fingerprint density at radius 1 is 1.30 bits per heavy atom. The Bertz CT molecular complexity index is 459. The van der Waals surface area contributed by atoms with E-state index in [1.165, 1.54) is 12.8 Å². The first-order chi connectivity index (χ1) is 9.56. The maximum Gasteiger partial charge on any atom is 0.228 e. The topological polar surface area (TPSA) is 64.9 Å². The van der Waals surface area contributed by atoms with Crippen LogP contribution in [0.2, 0.25) is 0 Å². The molecule has 20 heavy (non-hydrogen) atoms. The molecular weight excluding hydrogens is 290 g/mol. The number of aromatic nitrogens is 2. The van der Waals surface area contributed by atoms with Crippen LogP contribution >= 0.6 is 23.5 Å². The molecule has 3 rings (SSSR count). The molecule has 0 spiro atoms. The normalized spacial score (nSPS) is 33.5. The monoisotopic (exact) mass is 313 g/mol. The van der Waals surface area contributed by atoms with Crippen molar-refractivity contribution in [3.05, 3.63) is 11.7 Å². The van der Waals surface area contributed by atoms with Crippen molar-refractivity contribution in [1.29, 1.82) is 0 Å². The quantitative estimate of drug-likeness (QED) is 0.924. The van der Waals surface area contributed by atoms with E-state index in [1.54, 1.807) is 0 Å². The lowest BCUT2D eigenvalue weighted by Gasteiger charge is -2.29. The summed E-state index contributed by atoms with van der Waals surface area (Å²) in [6.45, 7) is 4.57. The zero-order chi connectivity index (χ0) is 14.2. The van der Waals surface area contributed by atoms with Gasteiger partial charge in [-0.2, -0.15) is 16.7 Å². The minimum Gasteiger partial charge on any atom is -0.339 e. The van der Waals surface area contributed by atoms with Crippen LogP contribution in [-0.2, 0) is 6.42 Å². The van der Waals surface area contributed by atoms with Crippen LogP contribution in [-0.4, -0.2) is 31.9 Å². The number of nitrogens with zero attached hydrogens (tertiary/aromatic N) is 2. The molecule has 3 atom stereocenters. The first-order valence-corrected chi connectivity index (χ1v) is 9.43. The molecule has 3 unspecified atom stereocenters. The highest BCUT2D eigenvalue weighted by Crippen LogP contribution is 2.43. The van der Waals surface area contributed by atoms with Gasteiger partial charge >= 0.3 is 0 Å². The van der Waals surface area contributed by atoms with E-state index in [9.17, 15) is 0 Å². The summed E-state index contributed by atoms with van der Waals surface area (Å²) in [5.41, 5.74) is 6.27. The van der Waals surface area contributed by atoms with Crippen LogP contribution in [0.3, 0.4) is 0 Å². The van der Waals surface area contributed by atoms with Gasteiger partial charge in [0.05, 0.1) is 5.25 Å². The Hall–Kier alpha value is -0.200. The summed E-state index contributed by atoms with van der Waals surface area (Å²) < 4.78 is 5.44. The lowest BCUT2D eigenvalue weighted by molar-refractivity contribution is 0.327. The second-order valence-corrected chi connectivity index (χ2v) is 9.16. The highest BCUT2D eigenvalue weighted by Gasteiger charge is 2.33. The average Bonchev–Trinajstić information content (AvgIpc) is 3.03. The fourth-order valence-corrected chi connectivity index (χ4v) is 5.78. The van der Waals surface area contributed by atoms with E-state index in [2.05, 4.69) is 24.0 Å². The predicted molar refractivity (Wildman–Crippen MR) is 85.1 cm³/mol. The zero-order valence-corrected chi connectivity index (χ0v) is 13.8. The maximum atomic E-state index is 6.38. The zero-order valence-electron chi connectivity index (χ0n) is 12.2. The molecule has 1 aliphatic heterocycles. The highest BCUT2D eigenvalue weighted by molar-refractivity contribution is 8.07. The summed E-state index contributed by atoms with van der Waals surface area (Å²) in [5, 5.41) is 5.90. The van der Waals surface area contributed by atoms with Gasteiger partial charge in [-0.3, -0.25) is 0 Å². The minimum absolute atomic E-state index is 0.111. The number of thioether (sulfide) groups is 2. The predicted octanol–water partition coefficient (Wildman–Crippen LogP) is 3.18. The van der Waals surface area contributed by atoms with Crippen LogP contribution in [0, 0.1) is 0 Å². The SMILES string of the molecule is CC1SCC(c2noc(CC3(N)CCCC3)n2)SC1C. The Morgan fingerprint density at radius 2 is 2.05 bits per heavy atom. The summed E-state index contributed by atoms with van der Waals surface area (Å²) >= 11 is 3.97. The van der Waals surface area contributed by atoms with Crippen molar-refractivity contribution in [2.24, 2.45) is 5.73 Å². The van der Waals surface area contributed by atoms with E-state index in [0.717, 1.165) is 36.7 Å². The minimum atomic E-state index is -0.111. The summed E-state index contributed by atoms with van der Waals surface area (Å²) in [6.07, 6.45) is 5.33. The van der Waals surface area contributed by atoms with E-state index < -0.39 is 0 Å². The lowest BCUT2D eigenvalue weighted by Crippen LogP contribution is -2.38. The van der Waals surface area contributed by atoms with Crippen LogP contribution < -0.4 is 5.73 Å². The van der Waals surface area contributed by atoms with Gasteiger partial charge in [0, 0.05) is 28.2 Å². The van der Waals surface area contributed by atoms with E-state index in [-0.39, 0.29) is 5.54 Å². The Balaban J connectivity index is 1.64. The lowest BCUT2D eigenvalue weighted by atomic mass is 9.95. The van der Waals surface area contributed by atoms with Gasteiger partial charge in [-0.15, -0.1) is 11.8 Å². The van der Waals surface area contributed by atoms with E-state index in [4.69, 9.17) is 10.3 Å². The highest BCUT2D eigenvalue weighted by atomic mass is 32.2. The summed E-state index contributed by atoms with van der Waals surface area (Å²) in [6, 6.07) is 0. The Labute approximate surface area is 129 Å². The average molecular weight is 313 g/mol. The third-order valence-corrected chi connectivity index (χ3v) is 7.81. The summed E-state index contributed by atoms with van der Waals surface area (Å²) in [7, 11) is 0. The summed E-state index contributed by atoms with van der Waals surface area (Å²) in [4.78, 5) is 4.61. The van der Waals surface area contributed by atoms with Gasteiger partial charge in [0.15, 0.2) is 5.82 Å². The molecule has 2 heterocycles. The molecule has 6 heteroatoms. The van der Waals surface area contributed by atoms with Gasteiger partial charge in [0.1, 0.15) is 0 Å². The number of hydrogen-bond acceptors (Lipinski definition) is 6. The molecule has 0 radical (unpaired) electrons. The van der Waals surface area contributed by atoms with Gasteiger partial charge in [0.2, 0.25) is 5.89 Å². The van der Waals surface area contributed by atoms with Gasteiger partial charge in [-0.05, 0) is 12.8 Å². The molecule has 112 valence electrons. The van der Waals surface area contributed by atoms with Crippen molar-refractivity contribution in [3.63, 3.8) is 0 Å². The molecule has 2 N–H and O–H groups in total. The molecule has 0 amide bonds. The fraction of sp³-hybridized carbons (Fsp3) is 0.857. The number of hydrogen-bond donors (Lipinski definition) is 1. The molecule has 2 aliphatic rings. The molecule has 1 aliphatic carbocycles. The molecule has 1 saturated carbocycles. The van der Waals surface area contributed by atoms with Crippen LogP contribution in [0.15, 0.2) is 4.52 Å². The van der Waals surface area contributed by atoms with Crippen molar-refractivity contribution in [3.8, 4) is 0 Å². The van der Waals surface area contributed by atoms with Gasteiger partial charge in [0.25, 0.3) is 0 Å². The summed E-state index contributed by atoms with van der Waals surface area (Å²) in [5.74, 6) is 2.65. The van der Waals surface area contributed by atoms with Crippen LogP contribution in [0.1, 0.15) is 56.5 Å². The molecule has 1 aromatic rings. The third kappa shape index (κ3) is 3.17. The van der Waals surface area contributed by atoms with Crippen LogP contribution in [0.4, 0.5) is 0 Å². The maximum absolute atomic E-state index is 6.38. The fourth-order valence-electron chi connectivity index (χ4n) is 2.95. The van der Waals surface area contributed by atoms with E-state index in [1.807, 2.05) is 23.5 Å². The molecule has 1 saturated heterocycles. The number of nitrogens with two attached hydrogens (primary N) is 1. The van der Waals surface area contributed by atoms with Crippen LogP contribution in [0.5, 0.6) is 0 Å². The van der Waals surface area contributed by atoms with Crippen molar-refractivity contribution in [2.45, 2.75) is 67.2 Å². The molecule has 0 bridgehead atoms. The van der Waals surface area contributed by atoms with Crippen LogP contribution in [0.25, 0.3) is 0 Å². The first-order valence-electron chi connectivity index (χ1n) is 7.44. The van der Waals surface area contributed by atoms with Crippen molar-refractivity contribution >= 4 is 23.5 Å². The van der Waals surface area contributed by atoms with Gasteiger partial charge in [-0.25, -0.2) is 0 Å². The standard InChI is InChI=1S/C14H23N3OS2/c1-9-10(2)20-11(8-19-9)13-16-12(18-17-13)7-14(15)5-3-4-6-14/h9-11H,3-8,15H2,1-2H3. The molecule has 1 aromatic heterocycles. The first kappa shape index (κ1) is 14.7. The molecular formula is C14H23N3OS2. The van der Waals surface area contributed by atoms with E-state index in [0.29, 0.717) is 15.7 Å². The number of rotatable bonds is 3. The second-order valence-electron chi connectivity index (χ2n) is 6.16. The van der Waals surface area contributed by atoms with Crippen molar-refractivity contribution in [1.82, 2.24) is 10.1 Å². The van der Waals surface area contributed by atoms with Crippen molar-refractivity contribution < 1.29 is 4.52 Å². The second kappa shape index (κ2) is 5.89. The van der Waals surface area contributed by atoms with Crippen molar-refractivity contribution in [2.75, 3.05) is 5.75 Å². The largest absolute Gasteiger partial charge is 0.339 e. The van der Waals surface area contributed by atoms with Gasteiger partial charge < -0.3 is 10.3 Å².